The molecule has 0 fully saturated rings. The number of benzene rings is 2. The summed E-state index contributed by atoms with van der Waals surface area (Å²) < 4.78 is 5.19. The second kappa shape index (κ2) is 7.03. The van der Waals surface area contributed by atoms with E-state index in [1.807, 2.05) is 18.2 Å². The van der Waals surface area contributed by atoms with Crippen LogP contribution in [0.3, 0.4) is 0 Å². The van der Waals surface area contributed by atoms with Gasteiger partial charge in [-0.1, -0.05) is 24.3 Å². The maximum Gasteiger partial charge on any atom is 0.340 e. The zero-order valence-corrected chi connectivity index (χ0v) is 15.5. The lowest BCUT2D eigenvalue weighted by atomic mass is 9.87. The molecule has 0 saturated carbocycles. The van der Waals surface area contributed by atoms with Crippen LogP contribution in [0.1, 0.15) is 41.1 Å². The Hall–Kier alpha value is -3.28. The molecular weight excluding hydrogens is 358 g/mol. The van der Waals surface area contributed by atoms with Crippen molar-refractivity contribution in [1.82, 2.24) is 5.32 Å². The van der Waals surface area contributed by atoms with Crippen LogP contribution in [0.15, 0.2) is 45.6 Å². The topological polar surface area (TPSA) is 99.8 Å². The van der Waals surface area contributed by atoms with Gasteiger partial charge in [-0.05, 0) is 55.0 Å². The Morgan fingerprint density at radius 2 is 2.00 bits per heavy atom. The van der Waals surface area contributed by atoms with Crippen LogP contribution in [-0.2, 0) is 17.6 Å². The van der Waals surface area contributed by atoms with Gasteiger partial charge in [-0.3, -0.25) is 4.79 Å². The van der Waals surface area contributed by atoms with E-state index in [1.165, 1.54) is 11.6 Å². The van der Waals surface area contributed by atoms with E-state index < -0.39 is 11.4 Å². The molecule has 3 N–H and O–H groups in total. The normalized spacial score (nSPS) is 16.0. The fourth-order valence-electron chi connectivity index (χ4n) is 3.94. The Morgan fingerprint density at radius 3 is 2.82 bits per heavy atom. The van der Waals surface area contributed by atoms with Gasteiger partial charge >= 0.3 is 5.63 Å². The molecule has 4 rings (SSSR count). The van der Waals surface area contributed by atoms with E-state index in [0.717, 1.165) is 24.8 Å². The maximum absolute atomic E-state index is 12.7. The summed E-state index contributed by atoms with van der Waals surface area (Å²) in [6.45, 7) is 1.70. The van der Waals surface area contributed by atoms with E-state index in [9.17, 15) is 19.8 Å². The summed E-state index contributed by atoms with van der Waals surface area (Å²) in [7, 11) is 0. The lowest BCUT2D eigenvalue weighted by molar-refractivity contribution is -0.121. The third kappa shape index (κ3) is 3.11. The van der Waals surface area contributed by atoms with Crippen molar-refractivity contribution in [2.45, 2.75) is 38.6 Å². The minimum absolute atomic E-state index is 0.0637. The summed E-state index contributed by atoms with van der Waals surface area (Å²) in [5.74, 6) is -1.09. The molecule has 0 unspecified atom stereocenters. The monoisotopic (exact) mass is 379 g/mol. The van der Waals surface area contributed by atoms with E-state index in [4.69, 9.17) is 4.42 Å². The number of hydrogen-bond acceptors (Lipinski definition) is 5. The number of amides is 1. The van der Waals surface area contributed by atoms with Crippen LogP contribution in [0.25, 0.3) is 11.0 Å². The van der Waals surface area contributed by atoms with Crippen LogP contribution in [0.4, 0.5) is 0 Å². The molecule has 0 aliphatic heterocycles. The van der Waals surface area contributed by atoms with E-state index in [-0.39, 0.29) is 35.3 Å². The van der Waals surface area contributed by atoms with Crippen molar-refractivity contribution in [3.05, 3.63) is 69.1 Å². The van der Waals surface area contributed by atoms with Gasteiger partial charge in [0.25, 0.3) is 0 Å². The number of aryl methyl sites for hydroxylation is 2. The quantitative estimate of drug-likeness (QED) is 0.479. The number of rotatable bonds is 3. The molecule has 3 aromatic rings. The largest absolute Gasteiger partial charge is 0.504 e. The second-order valence-corrected chi connectivity index (χ2v) is 7.19. The lowest BCUT2D eigenvalue weighted by Crippen LogP contribution is -2.33. The summed E-state index contributed by atoms with van der Waals surface area (Å²) in [6, 6.07) is 10.9. The number of phenols is 2. The van der Waals surface area contributed by atoms with Crippen LogP contribution in [0.2, 0.25) is 0 Å². The molecule has 28 heavy (non-hydrogen) atoms. The Morgan fingerprint density at radius 1 is 1.21 bits per heavy atom. The van der Waals surface area contributed by atoms with E-state index in [1.54, 1.807) is 13.0 Å². The summed E-state index contributed by atoms with van der Waals surface area (Å²) in [5, 5.41) is 23.1. The van der Waals surface area contributed by atoms with Gasteiger partial charge in [0.15, 0.2) is 11.3 Å². The third-order valence-corrected chi connectivity index (χ3v) is 5.45. The SMILES string of the molecule is Cc1c(CC(=O)N[C@@H]2CCCc3ccccc32)c(=O)oc2c(O)c(O)ccc12. The van der Waals surface area contributed by atoms with Gasteiger partial charge in [0.1, 0.15) is 0 Å². The summed E-state index contributed by atoms with van der Waals surface area (Å²) >= 11 is 0. The molecule has 1 atom stereocenters. The summed E-state index contributed by atoms with van der Waals surface area (Å²) in [4.78, 5) is 25.1. The zero-order chi connectivity index (χ0) is 19.8. The number of phenolic OH excluding ortho intramolecular Hbond substituents is 2. The molecule has 1 heterocycles. The molecule has 0 bridgehead atoms. The Kier molecular flexibility index (Phi) is 4.55. The zero-order valence-electron chi connectivity index (χ0n) is 15.5. The molecule has 0 saturated heterocycles. The molecule has 0 radical (unpaired) electrons. The van der Waals surface area contributed by atoms with Gasteiger partial charge in [0, 0.05) is 5.39 Å². The highest BCUT2D eigenvalue weighted by Crippen LogP contribution is 2.35. The Labute approximate surface area is 161 Å². The molecule has 1 aliphatic rings. The predicted octanol–water partition coefficient (Wildman–Crippen LogP) is 3.25. The first-order chi connectivity index (χ1) is 13.5. The second-order valence-electron chi connectivity index (χ2n) is 7.19. The summed E-state index contributed by atoms with van der Waals surface area (Å²) in [6.07, 6.45) is 2.76. The van der Waals surface area contributed by atoms with Crippen LogP contribution in [0, 0.1) is 6.92 Å². The van der Waals surface area contributed by atoms with Gasteiger partial charge < -0.3 is 19.9 Å². The van der Waals surface area contributed by atoms with Crippen molar-refractivity contribution in [3.8, 4) is 11.5 Å². The first-order valence-corrected chi connectivity index (χ1v) is 9.30. The highest BCUT2D eigenvalue weighted by atomic mass is 16.4. The molecule has 144 valence electrons. The Bertz CT molecular complexity index is 1130. The van der Waals surface area contributed by atoms with Crippen molar-refractivity contribution in [1.29, 1.82) is 0 Å². The van der Waals surface area contributed by atoms with E-state index in [2.05, 4.69) is 11.4 Å². The molecule has 2 aromatic carbocycles. The van der Waals surface area contributed by atoms with E-state index >= 15 is 0 Å². The van der Waals surface area contributed by atoms with E-state index in [0.29, 0.717) is 10.9 Å². The highest BCUT2D eigenvalue weighted by Gasteiger charge is 2.23. The number of aromatic hydroxyl groups is 2. The molecule has 6 nitrogen and oxygen atoms in total. The first kappa shape index (κ1) is 18.1. The van der Waals surface area contributed by atoms with Crippen molar-refractivity contribution >= 4 is 16.9 Å². The van der Waals surface area contributed by atoms with Crippen LogP contribution in [-0.4, -0.2) is 16.1 Å². The van der Waals surface area contributed by atoms with Crippen molar-refractivity contribution < 1.29 is 19.4 Å². The van der Waals surface area contributed by atoms with Crippen molar-refractivity contribution in [2.24, 2.45) is 0 Å². The van der Waals surface area contributed by atoms with Gasteiger partial charge in [-0.15, -0.1) is 0 Å². The number of carbonyl (C=O) groups is 1. The molecule has 0 spiro atoms. The average molecular weight is 379 g/mol. The fraction of sp³-hybridized carbons (Fsp3) is 0.273. The van der Waals surface area contributed by atoms with Crippen molar-refractivity contribution in [2.75, 3.05) is 0 Å². The molecule has 1 aromatic heterocycles. The standard InChI is InChI=1S/C22H21NO5/c1-12-14-9-10-18(24)20(26)21(14)28-22(27)16(12)11-19(25)23-17-8-4-6-13-5-2-3-7-15(13)17/h2-3,5,7,9-10,17,24,26H,4,6,8,11H2,1H3,(H,23,25)/t17-/m1/s1. The number of fused-ring (bicyclic) bond motifs is 2. The number of nitrogens with one attached hydrogen (secondary N) is 1. The van der Waals surface area contributed by atoms with Crippen LogP contribution >= 0.6 is 0 Å². The number of carbonyl (C=O) groups excluding carboxylic acids is 1. The Balaban J connectivity index is 1.61. The van der Waals surface area contributed by atoms with Gasteiger partial charge in [0.05, 0.1) is 18.0 Å². The minimum Gasteiger partial charge on any atom is -0.504 e. The molecule has 1 amide bonds. The van der Waals surface area contributed by atoms with Gasteiger partial charge in [0.2, 0.25) is 11.7 Å². The maximum atomic E-state index is 12.7. The molecule has 1 aliphatic carbocycles. The highest BCUT2D eigenvalue weighted by molar-refractivity contribution is 5.89. The molecule has 6 heteroatoms. The average Bonchev–Trinajstić information content (AvgIpc) is 2.69. The molecular formula is C22H21NO5. The van der Waals surface area contributed by atoms with Gasteiger partial charge in [-0.2, -0.15) is 0 Å². The van der Waals surface area contributed by atoms with Gasteiger partial charge in [-0.25, -0.2) is 4.79 Å². The smallest absolute Gasteiger partial charge is 0.340 e. The van der Waals surface area contributed by atoms with Crippen LogP contribution in [0.5, 0.6) is 11.5 Å². The predicted molar refractivity (Wildman–Crippen MR) is 105 cm³/mol. The number of hydrogen-bond donors (Lipinski definition) is 3. The van der Waals surface area contributed by atoms with Crippen LogP contribution < -0.4 is 10.9 Å². The third-order valence-electron chi connectivity index (χ3n) is 5.45. The lowest BCUT2D eigenvalue weighted by Gasteiger charge is -2.26. The first-order valence-electron chi connectivity index (χ1n) is 9.30. The van der Waals surface area contributed by atoms with Crippen molar-refractivity contribution in [3.63, 3.8) is 0 Å². The minimum atomic E-state index is -0.690. The summed E-state index contributed by atoms with van der Waals surface area (Å²) in [5.41, 5.74) is 2.42. The fourth-order valence-corrected chi connectivity index (χ4v) is 3.94.